The van der Waals surface area contributed by atoms with E-state index in [2.05, 4.69) is 0 Å². The van der Waals surface area contributed by atoms with Gasteiger partial charge >= 0.3 is 6.03 Å². The average molecular weight is 254 g/mol. The standard InChI is InChI=1S/C11H18N4O3/c12-10(17)8-2-1-7-3-5-14(11(13)18)6-4-9(16)15(7)8/h7-8H,1-6H2,(H2,12,17)(H2,13,18). The Hall–Kier alpha value is -1.79. The molecule has 18 heavy (non-hydrogen) atoms. The molecule has 2 unspecified atom stereocenters. The Morgan fingerprint density at radius 3 is 2.44 bits per heavy atom. The molecule has 0 radical (unpaired) electrons. The summed E-state index contributed by atoms with van der Waals surface area (Å²) in [4.78, 5) is 37.6. The molecular weight excluding hydrogens is 236 g/mol. The summed E-state index contributed by atoms with van der Waals surface area (Å²) in [6.45, 7) is 0.831. The first kappa shape index (κ1) is 12.7. The van der Waals surface area contributed by atoms with E-state index in [-0.39, 0.29) is 18.4 Å². The molecule has 2 aliphatic heterocycles. The number of nitrogens with zero attached hydrogens (tertiary/aromatic N) is 2. The molecular formula is C11H18N4O3. The molecule has 2 atom stereocenters. The predicted octanol–water partition coefficient (Wildman–Crippen LogP) is -0.994. The fraction of sp³-hybridized carbons (Fsp3) is 0.727. The Balaban J connectivity index is 2.12. The van der Waals surface area contributed by atoms with Crippen LogP contribution in [0, 0.1) is 0 Å². The van der Waals surface area contributed by atoms with Gasteiger partial charge in [-0.2, -0.15) is 0 Å². The second kappa shape index (κ2) is 4.83. The zero-order valence-electron chi connectivity index (χ0n) is 10.2. The van der Waals surface area contributed by atoms with Crippen molar-refractivity contribution >= 4 is 17.8 Å². The van der Waals surface area contributed by atoms with Crippen LogP contribution in [0.25, 0.3) is 0 Å². The Morgan fingerprint density at radius 2 is 1.83 bits per heavy atom. The first-order valence-electron chi connectivity index (χ1n) is 6.15. The summed E-state index contributed by atoms with van der Waals surface area (Å²) in [5.41, 5.74) is 10.5. The average Bonchev–Trinajstić information content (AvgIpc) is 2.69. The molecule has 2 aliphatic rings. The molecule has 0 aromatic heterocycles. The smallest absolute Gasteiger partial charge is 0.314 e. The van der Waals surface area contributed by atoms with Crippen molar-refractivity contribution in [2.24, 2.45) is 11.5 Å². The van der Waals surface area contributed by atoms with Crippen LogP contribution in [0.5, 0.6) is 0 Å². The van der Waals surface area contributed by atoms with Crippen LogP contribution in [0.2, 0.25) is 0 Å². The highest BCUT2D eigenvalue weighted by Crippen LogP contribution is 2.28. The zero-order valence-corrected chi connectivity index (χ0v) is 10.2. The molecule has 0 aromatic rings. The lowest BCUT2D eigenvalue weighted by Crippen LogP contribution is -2.51. The van der Waals surface area contributed by atoms with E-state index in [0.29, 0.717) is 25.9 Å². The normalized spacial score (nSPS) is 28.6. The minimum atomic E-state index is -0.499. The molecule has 0 bridgehead atoms. The van der Waals surface area contributed by atoms with Gasteiger partial charge in [-0.25, -0.2) is 4.79 Å². The number of carbonyl (C=O) groups excluding carboxylic acids is 3. The molecule has 2 heterocycles. The van der Waals surface area contributed by atoms with E-state index >= 15 is 0 Å². The van der Waals surface area contributed by atoms with E-state index in [4.69, 9.17) is 11.5 Å². The molecule has 4 N–H and O–H groups in total. The number of primary amides is 2. The highest BCUT2D eigenvalue weighted by atomic mass is 16.2. The topological polar surface area (TPSA) is 110 Å². The summed E-state index contributed by atoms with van der Waals surface area (Å²) in [6, 6.07) is -0.986. The second-order valence-corrected chi connectivity index (χ2v) is 4.81. The van der Waals surface area contributed by atoms with Gasteiger partial charge in [0.25, 0.3) is 0 Å². The molecule has 0 aromatic carbocycles. The lowest BCUT2D eigenvalue weighted by molar-refractivity contribution is -0.140. The number of rotatable bonds is 1. The van der Waals surface area contributed by atoms with E-state index in [0.717, 1.165) is 6.42 Å². The summed E-state index contributed by atoms with van der Waals surface area (Å²) in [7, 11) is 0. The summed E-state index contributed by atoms with van der Waals surface area (Å²) in [5.74, 6) is -0.564. The Labute approximate surface area is 105 Å². The molecule has 4 amide bonds. The van der Waals surface area contributed by atoms with Crippen LogP contribution < -0.4 is 11.5 Å². The van der Waals surface area contributed by atoms with Gasteiger partial charge < -0.3 is 21.3 Å². The Morgan fingerprint density at radius 1 is 1.11 bits per heavy atom. The third kappa shape index (κ3) is 2.25. The number of urea groups is 1. The predicted molar refractivity (Wildman–Crippen MR) is 63.2 cm³/mol. The Bertz CT molecular complexity index is 384. The number of amides is 4. The van der Waals surface area contributed by atoms with Gasteiger partial charge in [0.1, 0.15) is 6.04 Å². The number of hydrogen-bond acceptors (Lipinski definition) is 3. The van der Waals surface area contributed by atoms with E-state index < -0.39 is 18.0 Å². The van der Waals surface area contributed by atoms with Crippen LogP contribution in [0.15, 0.2) is 0 Å². The third-order valence-electron chi connectivity index (χ3n) is 3.76. The summed E-state index contributed by atoms with van der Waals surface area (Å²) >= 11 is 0. The van der Waals surface area contributed by atoms with Crippen LogP contribution in [0.4, 0.5) is 4.79 Å². The first-order valence-corrected chi connectivity index (χ1v) is 6.15. The van der Waals surface area contributed by atoms with Crippen LogP contribution in [0.3, 0.4) is 0 Å². The molecule has 0 spiro atoms. The highest BCUT2D eigenvalue weighted by molar-refractivity contribution is 5.88. The fourth-order valence-corrected chi connectivity index (χ4v) is 2.82. The number of carbonyl (C=O) groups is 3. The molecule has 0 aliphatic carbocycles. The van der Waals surface area contributed by atoms with Gasteiger partial charge in [-0.3, -0.25) is 9.59 Å². The molecule has 7 nitrogen and oxygen atoms in total. The first-order chi connectivity index (χ1) is 8.50. The molecule has 2 saturated heterocycles. The van der Waals surface area contributed by atoms with Crippen molar-refractivity contribution in [2.45, 2.75) is 37.8 Å². The second-order valence-electron chi connectivity index (χ2n) is 4.81. The Kier molecular flexibility index (Phi) is 3.40. The van der Waals surface area contributed by atoms with Crippen molar-refractivity contribution in [3.05, 3.63) is 0 Å². The maximum absolute atomic E-state index is 12.1. The number of hydrogen-bond donors (Lipinski definition) is 2. The van der Waals surface area contributed by atoms with Gasteiger partial charge in [0.2, 0.25) is 11.8 Å². The lowest BCUT2D eigenvalue weighted by Gasteiger charge is -2.33. The van der Waals surface area contributed by atoms with E-state index in [1.54, 1.807) is 4.90 Å². The van der Waals surface area contributed by atoms with E-state index in [1.165, 1.54) is 4.90 Å². The molecule has 2 fully saturated rings. The van der Waals surface area contributed by atoms with Gasteiger partial charge in [0.15, 0.2) is 0 Å². The van der Waals surface area contributed by atoms with Gasteiger partial charge in [-0.1, -0.05) is 0 Å². The lowest BCUT2D eigenvalue weighted by atomic mass is 10.1. The van der Waals surface area contributed by atoms with E-state index in [1.807, 2.05) is 0 Å². The minimum absolute atomic E-state index is 0.00264. The SMILES string of the molecule is NC(=O)C1CCC2CCN(C(N)=O)CCC(=O)N21. The number of fused-ring (bicyclic) bond motifs is 1. The van der Waals surface area contributed by atoms with Crippen molar-refractivity contribution in [1.82, 2.24) is 9.80 Å². The fourth-order valence-electron chi connectivity index (χ4n) is 2.82. The van der Waals surface area contributed by atoms with Crippen LogP contribution in [-0.4, -0.2) is 52.8 Å². The summed E-state index contributed by atoms with van der Waals surface area (Å²) < 4.78 is 0. The molecule has 0 saturated carbocycles. The van der Waals surface area contributed by atoms with Gasteiger partial charge in [-0.05, 0) is 19.3 Å². The van der Waals surface area contributed by atoms with Crippen LogP contribution in [-0.2, 0) is 9.59 Å². The quantitative estimate of drug-likeness (QED) is 0.626. The minimum Gasteiger partial charge on any atom is -0.368 e. The molecule has 2 rings (SSSR count). The van der Waals surface area contributed by atoms with Gasteiger partial charge in [-0.15, -0.1) is 0 Å². The summed E-state index contributed by atoms with van der Waals surface area (Å²) in [6.07, 6.45) is 2.22. The highest BCUT2D eigenvalue weighted by Gasteiger charge is 2.40. The van der Waals surface area contributed by atoms with Crippen LogP contribution >= 0.6 is 0 Å². The third-order valence-corrected chi connectivity index (χ3v) is 3.76. The van der Waals surface area contributed by atoms with Crippen molar-refractivity contribution < 1.29 is 14.4 Å². The van der Waals surface area contributed by atoms with Crippen molar-refractivity contribution in [1.29, 1.82) is 0 Å². The zero-order chi connectivity index (χ0) is 13.3. The molecule has 100 valence electrons. The largest absolute Gasteiger partial charge is 0.368 e. The maximum atomic E-state index is 12.1. The monoisotopic (exact) mass is 254 g/mol. The van der Waals surface area contributed by atoms with Crippen molar-refractivity contribution in [3.63, 3.8) is 0 Å². The molecule has 7 heteroatoms. The van der Waals surface area contributed by atoms with Crippen molar-refractivity contribution in [3.8, 4) is 0 Å². The maximum Gasteiger partial charge on any atom is 0.314 e. The van der Waals surface area contributed by atoms with Gasteiger partial charge in [0.05, 0.1) is 0 Å². The van der Waals surface area contributed by atoms with Gasteiger partial charge in [0, 0.05) is 25.6 Å². The van der Waals surface area contributed by atoms with Crippen LogP contribution in [0.1, 0.15) is 25.7 Å². The summed E-state index contributed by atoms with van der Waals surface area (Å²) in [5, 5.41) is 0. The van der Waals surface area contributed by atoms with E-state index in [9.17, 15) is 14.4 Å². The van der Waals surface area contributed by atoms with Crippen molar-refractivity contribution in [2.75, 3.05) is 13.1 Å². The number of nitrogens with two attached hydrogens (primary N) is 2.